The Bertz CT molecular complexity index is 465. The van der Waals surface area contributed by atoms with Gasteiger partial charge in [0, 0.05) is 6.42 Å². The summed E-state index contributed by atoms with van der Waals surface area (Å²) in [5, 5.41) is 0. The van der Waals surface area contributed by atoms with Gasteiger partial charge in [-0.05, 0) is 36.8 Å². The number of Topliss-reactive ketones (excluding diaryl/α,β-unsaturated/α-hetero) is 1. The molecular formula is C15H19NO2. The summed E-state index contributed by atoms with van der Waals surface area (Å²) in [7, 11) is 0. The largest absolute Gasteiger partial charge is 0.373 e. The van der Waals surface area contributed by atoms with Crippen molar-refractivity contribution in [2.45, 2.75) is 43.7 Å². The predicted octanol–water partition coefficient (Wildman–Crippen LogP) is 2.14. The monoisotopic (exact) mass is 245 g/mol. The molecular weight excluding hydrogens is 226 g/mol. The highest BCUT2D eigenvalue weighted by molar-refractivity contribution is 5.89. The van der Waals surface area contributed by atoms with E-state index in [1.165, 1.54) is 11.1 Å². The SMILES string of the molecule is NC1(C(=O)CC2OCCc3ccccc32)CCC1. The number of ether oxygens (including phenoxy) is 1. The van der Waals surface area contributed by atoms with E-state index in [4.69, 9.17) is 10.5 Å². The molecule has 1 aromatic rings. The van der Waals surface area contributed by atoms with Crippen LogP contribution in [-0.2, 0) is 16.0 Å². The lowest BCUT2D eigenvalue weighted by Crippen LogP contribution is -2.54. The fraction of sp³-hybridized carbons (Fsp3) is 0.533. The first-order valence-corrected chi connectivity index (χ1v) is 6.71. The number of carbonyl (C=O) groups is 1. The lowest BCUT2D eigenvalue weighted by molar-refractivity contribution is -0.130. The first-order valence-electron chi connectivity index (χ1n) is 6.71. The lowest BCUT2D eigenvalue weighted by atomic mass is 9.73. The highest BCUT2D eigenvalue weighted by atomic mass is 16.5. The van der Waals surface area contributed by atoms with E-state index in [2.05, 4.69) is 12.1 Å². The van der Waals surface area contributed by atoms with Crippen LogP contribution >= 0.6 is 0 Å². The zero-order valence-electron chi connectivity index (χ0n) is 10.5. The summed E-state index contributed by atoms with van der Waals surface area (Å²) in [5.41, 5.74) is 7.99. The number of rotatable bonds is 3. The number of carbonyl (C=O) groups excluding carboxylic acids is 1. The molecule has 1 saturated carbocycles. The molecule has 0 aromatic heterocycles. The summed E-state index contributed by atoms with van der Waals surface area (Å²) in [4.78, 5) is 12.2. The van der Waals surface area contributed by atoms with Crippen LogP contribution in [0.15, 0.2) is 24.3 Å². The second-order valence-corrected chi connectivity index (χ2v) is 5.45. The van der Waals surface area contributed by atoms with Crippen molar-refractivity contribution in [1.29, 1.82) is 0 Å². The van der Waals surface area contributed by atoms with Gasteiger partial charge in [-0.25, -0.2) is 0 Å². The smallest absolute Gasteiger partial charge is 0.155 e. The van der Waals surface area contributed by atoms with Gasteiger partial charge >= 0.3 is 0 Å². The Balaban J connectivity index is 1.76. The number of ketones is 1. The van der Waals surface area contributed by atoms with Crippen molar-refractivity contribution in [1.82, 2.24) is 0 Å². The fourth-order valence-corrected chi connectivity index (χ4v) is 2.85. The standard InChI is InChI=1S/C15H19NO2/c16-15(7-3-8-15)14(17)10-13-12-5-2-1-4-11(12)6-9-18-13/h1-2,4-5,13H,3,6-10,16H2. The molecule has 1 aliphatic heterocycles. The van der Waals surface area contributed by atoms with Gasteiger partial charge in [-0.3, -0.25) is 4.79 Å². The topological polar surface area (TPSA) is 52.3 Å². The van der Waals surface area contributed by atoms with Gasteiger partial charge < -0.3 is 10.5 Å². The van der Waals surface area contributed by atoms with Crippen LogP contribution in [0.5, 0.6) is 0 Å². The zero-order chi connectivity index (χ0) is 12.6. The second-order valence-electron chi connectivity index (χ2n) is 5.45. The van der Waals surface area contributed by atoms with Gasteiger partial charge in [0.25, 0.3) is 0 Å². The molecule has 1 unspecified atom stereocenters. The van der Waals surface area contributed by atoms with E-state index < -0.39 is 5.54 Å². The Morgan fingerprint density at radius 2 is 2.17 bits per heavy atom. The number of fused-ring (bicyclic) bond motifs is 1. The summed E-state index contributed by atoms with van der Waals surface area (Å²) in [6.45, 7) is 0.701. The van der Waals surface area contributed by atoms with Crippen molar-refractivity contribution in [3.8, 4) is 0 Å². The highest BCUT2D eigenvalue weighted by Gasteiger charge is 2.41. The van der Waals surface area contributed by atoms with Gasteiger partial charge in [-0.15, -0.1) is 0 Å². The third kappa shape index (κ3) is 1.98. The second kappa shape index (κ2) is 4.48. The molecule has 3 nitrogen and oxygen atoms in total. The molecule has 0 spiro atoms. The van der Waals surface area contributed by atoms with E-state index in [9.17, 15) is 4.79 Å². The zero-order valence-corrected chi connectivity index (χ0v) is 10.5. The first-order chi connectivity index (χ1) is 8.69. The maximum absolute atomic E-state index is 12.2. The molecule has 0 saturated heterocycles. The van der Waals surface area contributed by atoms with Crippen LogP contribution in [0.25, 0.3) is 0 Å². The van der Waals surface area contributed by atoms with E-state index >= 15 is 0 Å². The molecule has 1 fully saturated rings. The molecule has 0 bridgehead atoms. The van der Waals surface area contributed by atoms with Crippen LogP contribution in [0.4, 0.5) is 0 Å². The van der Waals surface area contributed by atoms with E-state index in [1.54, 1.807) is 0 Å². The van der Waals surface area contributed by atoms with Crippen LogP contribution in [0.2, 0.25) is 0 Å². The van der Waals surface area contributed by atoms with Crippen LogP contribution in [0, 0.1) is 0 Å². The van der Waals surface area contributed by atoms with Crippen molar-refractivity contribution in [2.75, 3.05) is 6.61 Å². The predicted molar refractivity (Wildman–Crippen MR) is 69.2 cm³/mol. The summed E-state index contributed by atoms with van der Waals surface area (Å²) < 4.78 is 5.76. The molecule has 2 N–H and O–H groups in total. The summed E-state index contributed by atoms with van der Waals surface area (Å²) in [6, 6.07) is 8.24. The number of hydrogen-bond acceptors (Lipinski definition) is 3. The van der Waals surface area contributed by atoms with E-state index in [1.807, 2.05) is 12.1 Å². The molecule has 1 heterocycles. The summed E-state index contributed by atoms with van der Waals surface area (Å²) in [5.74, 6) is 0.162. The van der Waals surface area contributed by atoms with Gasteiger partial charge in [0.05, 0.1) is 18.2 Å². The average Bonchev–Trinajstić information content (AvgIpc) is 2.36. The summed E-state index contributed by atoms with van der Waals surface area (Å²) in [6.07, 6.45) is 4.01. The maximum atomic E-state index is 12.2. The van der Waals surface area contributed by atoms with Crippen LogP contribution < -0.4 is 5.73 Å². The normalized spacial score (nSPS) is 25.1. The number of nitrogens with two attached hydrogens (primary N) is 1. The van der Waals surface area contributed by atoms with Crippen molar-refractivity contribution < 1.29 is 9.53 Å². The number of hydrogen-bond donors (Lipinski definition) is 1. The fourth-order valence-electron chi connectivity index (χ4n) is 2.85. The van der Waals surface area contributed by atoms with Gasteiger partial charge in [0.2, 0.25) is 0 Å². The molecule has 2 aliphatic rings. The minimum atomic E-state index is -0.560. The Hall–Kier alpha value is -1.19. The molecule has 18 heavy (non-hydrogen) atoms. The van der Waals surface area contributed by atoms with Crippen molar-refractivity contribution >= 4 is 5.78 Å². The Morgan fingerprint density at radius 1 is 1.39 bits per heavy atom. The maximum Gasteiger partial charge on any atom is 0.155 e. The summed E-state index contributed by atoms with van der Waals surface area (Å²) >= 11 is 0. The Kier molecular flexibility index (Phi) is 2.96. The third-order valence-corrected chi connectivity index (χ3v) is 4.26. The molecule has 1 aromatic carbocycles. The quantitative estimate of drug-likeness (QED) is 0.887. The van der Waals surface area contributed by atoms with Crippen LogP contribution in [-0.4, -0.2) is 17.9 Å². The van der Waals surface area contributed by atoms with E-state index in [0.29, 0.717) is 13.0 Å². The Labute approximate surface area is 107 Å². The lowest BCUT2D eigenvalue weighted by Gasteiger charge is -2.38. The van der Waals surface area contributed by atoms with Gasteiger partial charge in [0.1, 0.15) is 0 Å². The van der Waals surface area contributed by atoms with Gasteiger partial charge in [0.15, 0.2) is 5.78 Å². The molecule has 0 radical (unpaired) electrons. The molecule has 1 atom stereocenters. The van der Waals surface area contributed by atoms with Crippen LogP contribution in [0.1, 0.15) is 42.9 Å². The molecule has 0 amide bonds. The van der Waals surface area contributed by atoms with E-state index in [-0.39, 0.29) is 11.9 Å². The van der Waals surface area contributed by atoms with Crippen molar-refractivity contribution in [3.63, 3.8) is 0 Å². The highest BCUT2D eigenvalue weighted by Crippen LogP contribution is 2.36. The molecule has 96 valence electrons. The van der Waals surface area contributed by atoms with Crippen molar-refractivity contribution in [3.05, 3.63) is 35.4 Å². The first kappa shape index (κ1) is 11.9. The minimum Gasteiger partial charge on any atom is -0.373 e. The molecule has 1 aliphatic carbocycles. The minimum absolute atomic E-state index is 0.0940. The van der Waals surface area contributed by atoms with E-state index in [0.717, 1.165) is 25.7 Å². The molecule has 3 heteroatoms. The average molecular weight is 245 g/mol. The van der Waals surface area contributed by atoms with Gasteiger partial charge in [-0.2, -0.15) is 0 Å². The Morgan fingerprint density at radius 3 is 2.89 bits per heavy atom. The van der Waals surface area contributed by atoms with Gasteiger partial charge in [-0.1, -0.05) is 24.3 Å². The third-order valence-electron chi connectivity index (χ3n) is 4.26. The van der Waals surface area contributed by atoms with Crippen LogP contribution in [0.3, 0.4) is 0 Å². The molecule has 3 rings (SSSR count). The number of benzene rings is 1. The van der Waals surface area contributed by atoms with Crippen molar-refractivity contribution in [2.24, 2.45) is 5.73 Å².